The van der Waals surface area contributed by atoms with Gasteiger partial charge in [-0.3, -0.25) is 0 Å². The van der Waals surface area contributed by atoms with Crippen molar-refractivity contribution in [2.24, 2.45) is 0 Å². The number of alkyl halides is 1. The summed E-state index contributed by atoms with van der Waals surface area (Å²) in [4.78, 5) is 21.4. The lowest BCUT2D eigenvalue weighted by Gasteiger charge is -2.21. The highest BCUT2D eigenvalue weighted by atomic mass is 35.5. The molecule has 0 aromatic rings. The van der Waals surface area contributed by atoms with Gasteiger partial charge in [-0.25, -0.2) is 9.59 Å². The van der Waals surface area contributed by atoms with Gasteiger partial charge in [0.1, 0.15) is 0 Å². The lowest BCUT2D eigenvalue weighted by atomic mass is 10.0. The van der Waals surface area contributed by atoms with Crippen LogP contribution in [0.15, 0.2) is 0 Å². The smallest absolute Gasteiger partial charge is 0.338 e. The second-order valence-corrected chi connectivity index (χ2v) is 3.64. The van der Waals surface area contributed by atoms with E-state index in [1.807, 2.05) is 6.92 Å². The SMILES string of the molecule is CCCC(Cl)(C(=O)OCC)C(=O)OCC. The molecule has 0 aliphatic rings. The van der Waals surface area contributed by atoms with E-state index in [-0.39, 0.29) is 19.6 Å². The number of halogens is 1. The molecule has 0 N–H and O–H groups in total. The van der Waals surface area contributed by atoms with Gasteiger partial charge in [0.05, 0.1) is 13.2 Å². The Morgan fingerprint density at radius 3 is 1.73 bits per heavy atom. The Morgan fingerprint density at radius 2 is 1.47 bits per heavy atom. The third-order valence-electron chi connectivity index (χ3n) is 1.79. The molecule has 15 heavy (non-hydrogen) atoms. The predicted molar refractivity (Wildman–Crippen MR) is 56.8 cm³/mol. The van der Waals surface area contributed by atoms with E-state index >= 15 is 0 Å². The van der Waals surface area contributed by atoms with E-state index in [2.05, 4.69) is 0 Å². The first-order valence-corrected chi connectivity index (χ1v) is 5.44. The minimum absolute atomic E-state index is 0.191. The van der Waals surface area contributed by atoms with Crippen LogP contribution < -0.4 is 0 Å². The molecular weight excluding hydrogens is 220 g/mol. The third-order valence-corrected chi connectivity index (χ3v) is 2.29. The van der Waals surface area contributed by atoms with Gasteiger partial charge in [0.15, 0.2) is 0 Å². The van der Waals surface area contributed by atoms with Gasteiger partial charge in [-0.15, -0.1) is 0 Å². The van der Waals surface area contributed by atoms with Gasteiger partial charge in [-0.1, -0.05) is 24.9 Å². The van der Waals surface area contributed by atoms with Crippen molar-refractivity contribution in [3.05, 3.63) is 0 Å². The van der Waals surface area contributed by atoms with Crippen LogP contribution in [0.5, 0.6) is 0 Å². The molecule has 88 valence electrons. The standard InChI is InChI=1S/C10H17ClO4/c1-4-7-10(11,8(12)14-5-2)9(13)15-6-3/h4-7H2,1-3H3. The molecule has 0 saturated carbocycles. The highest BCUT2D eigenvalue weighted by molar-refractivity contribution is 6.44. The van der Waals surface area contributed by atoms with Crippen molar-refractivity contribution in [1.29, 1.82) is 0 Å². The van der Waals surface area contributed by atoms with Crippen LogP contribution in [0.3, 0.4) is 0 Å². The zero-order valence-electron chi connectivity index (χ0n) is 9.34. The first kappa shape index (κ1) is 14.2. The topological polar surface area (TPSA) is 52.6 Å². The molecule has 0 aromatic heterocycles. The van der Waals surface area contributed by atoms with Crippen LogP contribution in [0.1, 0.15) is 33.6 Å². The van der Waals surface area contributed by atoms with Crippen LogP contribution in [0.2, 0.25) is 0 Å². The predicted octanol–water partition coefficient (Wildman–Crippen LogP) is 1.89. The molecule has 5 heteroatoms. The van der Waals surface area contributed by atoms with Crippen LogP contribution in [-0.2, 0) is 19.1 Å². The van der Waals surface area contributed by atoms with Crippen LogP contribution >= 0.6 is 11.6 Å². The van der Waals surface area contributed by atoms with Crippen molar-refractivity contribution in [2.45, 2.75) is 38.5 Å². The maximum atomic E-state index is 11.5. The molecule has 0 unspecified atom stereocenters. The van der Waals surface area contributed by atoms with Crippen molar-refractivity contribution in [2.75, 3.05) is 13.2 Å². The average Bonchev–Trinajstić information content (AvgIpc) is 2.18. The summed E-state index contributed by atoms with van der Waals surface area (Å²) < 4.78 is 9.51. The highest BCUT2D eigenvalue weighted by Gasteiger charge is 2.46. The van der Waals surface area contributed by atoms with Gasteiger partial charge in [0.25, 0.3) is 0 Å². The van der Waals surface area contributed by atoms with Gasteiger partial charge in [0.2, 0.25) is 4.87 Å². The molecule has 0 atom stereocenters. The molecule has 0 amide bonds. The molecule has 0 saturated heterocycles. The average molecular weight is 237 g/mol. The Bertz CT molecular complexity index is 209. The lowest BCUT2D eigenvalue weighted by molar-refractivity contribution is -0.159. The van der Waals surface area contributed by atoms with E-state index in [1.54, 1.807) is 13.8 Å². The summed E-state index contributed by atoms with van der Waals surface area (Å²) in [7, 11) is 0. The second kappa shape index (κ2) is 6.67. The molecule has 0 aromatic carbocycles. The van der Waals surface area contributed by atoms with Crippen molar-refractivity contribution < 1.29 is 19.1 Å². The zero-order chi connectivity index (χ0) is 11.9. The quantitative estimate of drug-likeness (QED) is 0.402. The fourth-order valence-corrected chi connectivity index (χ4v) is 1.42. The molecule has 0 heterocycles. The maximum absolute atomic E-state index is 11.5. The normalized spacial score (nSPS) is 10.9. The molecule has 0 radical (unpaired) electrons. The summed E-state index contributed by atoms with van der Waals surface area (Å²) in [6, 6.07) is 0. The van der Waals surface area contributed by atoms with E-state index in [0.29, 0.717) is 6.42 Å². The molecule has 0 spiro atoms. The fourth-order valence-electron chi connectivity index (χ4n) is 1.12. The first-order chi connectivity index (χ1) is 7.02. The van der Waals surface area contributed by atoms with E-state index in [4.69, 9.17) is 21.1 Å². The number of carbonyl (C=O) groups excluding carboxylic acids is 2. The van der Waals surface area contributed by atoms with Crippen molar-refractivity contribution >= 4 is 23.5 Å². The first-order valence-electron chi connectivity index (χ1n) is 5.06. The Hall–Kier alpha value is -0.770. The largest absolute Gasteiger partial charge is 0.464 e. The number of ether oxygens (including phenoxy) is 2. The molecule has 0 aliphatic carbocycles. The van der Waals surface area contributed by atoms with Crippen LogP contribution in [0.25, 0.3) is 0 Å². The molecule has 0 rings (SSSR count). The number of hydrogen-bond acceptors (Lipinski definition) is 4. The Balaban J connectivity index is 4.70. The fraction of sp³-hybridized carbons (Fsp3) is 0.800. The van der Waals surface area contributed by atoms with Gasteiger partial charge >= 0.3 is 11.9 Å². The van der Waals surface area contributed by atoms with Crippen LogP contribution in [0, 0.1) is 0 Å². The van der Waals surface area contributed by atoms with Gasteiger partial charge < -0.3 is 9.47 Å². The Morgan fingerprint density at radius 1 is 1.07 bits per heavy atom. The highest BCUT2D eigenvalue weighted by Crippen LogP contribution is 2.25. The van der Waals surface area contributed by atoms with E-state index in [0.717, 1.165) is 0 Å². The Labute approximate surface area is 94.9 Å². The number of rotatable bonds is 6. The molecule has 0 bridgehead atoms. The van der Waals surface area contributed by atoms with E-state index < -0.39 is 16.8 Å². The number of esters is 2. The maximum Gasteiger partial charge on any atom is 0.338 e. The third kappa shape index (κ3) is 3.70. The van der Waals surface area contributed by atoms with Crippen molar-refractivity contribution in [3.8, 4) is 0 Å². The monoisotopic (exact) mass is 236 g/mol. The Kier molecular flexibility index (Phi) is 6.32. The molecule has 4 nitrogen and oxygen atoms in total. The summed E-state index contributed by atoms with van der Waals surface area (Å²) in [5.74, 6) is -1.46. The van der Waals surface area contributed by atoms with Gasteiger partial charge in [-0.05, 0) is 20.3 Å². The van der Waals surface area contributed by atoms with Crippen LogP contribution in [0.4, 0.5) is 0 Å². The molecular formula is C10H17ClO4. The van der Waals surface area contributed by atoms with Gasteiger partial charge in [0, 0.05) is 0 Å². The molecule has 0 aliphatic heterocycles. The summed E-state index contributed by atoms with van der Waals surface area (Å²) in [6.45, 7) is 5.53. The van der Waals surface area contributed by atoms with E-state index in [9.17, 15) is 9.59 Å². The van der Waals surface area contributed by atoms with E-state index in [1.165, 1.54) is 0 Å². The van der Waals surface area contributed by atoms with Crippen molar-refractivity contribution in [1.82, 2.24) is 0 Å². The summed E-state index contributed by atoms with van der Waals surface area (Å²) in [5, 5.41) is 0. The number of hydrogen-bond donors (Lipinski definition) is 0. The summed E-state index contributed by atoms with van der Waals surface area (Å²) in [6.07, 6.45) is 0.813. The summed E-state index contributed by atoms with van der Waals surface area (Å²) in [5.41, 5.74) is 0. The molecule has 0 fully saturated rings. The zero-order valence-corrected chi connectivity index (χ0v) is 10.1. The van der Waals surface area contributed by atoms with Crippen molar-refractivity contribution in [3.63, 3.8) is 0 Å². The summed E-state index contributed by atoms with van der Waals surface area (Å²) >= 11 is 5.95. The van der Waals surface area contributed by atoms with Gasteiger partial charge in [-0.2, -0.15) is 0 Å². The minimum atomic E-state index is -1.68. The lowest BCUT2D eigenvalue weighted by Crippen LogP contribution is -2.43. The number of carbonyl (C=O) groups is 2. The minimum Gasteiger partial charge on any atom is -0.464 e. The van der Waals surface area contributed by atoms with Crippen LogP contribution in [-0.4, -0.2) is 30.0 Å². The second-order valence-electron chi connectivity index (χ2n) is 2.99.